The highest BCUT2D eigenvalue weighted by Gasteiger charge is 2.17. The van der Waals surface area contributed by atoms with E-state index in [1.54, 1.807) is 0 Å². The van der Waals surface area contributed by atoms with Gasteiger partial charge in [0.05, 0.1) is 0 Å². The summed E-state index contributed by atoms with van der Waals surface area (Å²) in [4.78, 5) is 0. The molecule has 1 rings (SSSR count). The van der Waals surface area contributed by atoms with E-state index in [9.17, 15) is 0 Å². The Bertz CT molecular complexity index is 335. The molecule has 0 fully saturated rings. The van der Waals surface area contributed by atoms with Crippen molar-refractivity contribution in [2.45, 2.75) is 52.5 Å². The van der Waals surface area contributed by atoms with E-state index in [1.165, 1.54) is 18.4 Å². The van der Waals surface area contributed by atoms with Crippen molar-refractivity contribution in [3.8, 4) is 0 Å². The first kappa shape index (κ1) is 17.2. The molecule has 1 aromatic carbocycles. The van der Waals surface area contributed by atoms with Gasteiger partial charge in [-0.1, -0.05) is 64.4 Å². The lowest BCUT2D eigenvalue weighted by atomic mass is 9.85. The average molecular weight is 276 g/mol. The third kappa shape index (κ3) is 6.53. The zero-order valence-electron chi connectivity index (χ0n) is 13.7. The summed E-state index contributed by atoms with van der Waals surface area (Å²) in [6.07, 6.45) is 2.43. The predicted octanol–water partition coefficient (Wildman–Crippen LogP) is 3.79. The van der Waals surface area contributed by atoms with Gasteiger partial charge in [-0.25, -0.2) is 0 Å². The molecule has 0 aliphatic rings. The number of nitrogens with one attached hydrogen (secondary N) is 2. The molecule has 1 aromatic rings. The zero-order chi connectivity index (χ0) is 14.8. The van der Waals surface area contributed by atoms with E-state index in [4.69, 9.17) is 0 Å². The standard InChI is InChI=1S/C18H32N2/c1-5-16(4)18(17-10-7-6-8-11-17)14-19-12-9-13-20-15(2)3/h6-8,10-11,15-16,18-20H,5,9,12-14H2,1-4H3. The number of rotatable bonds is 10. The molecule has 0 aliphatic carbocycles. The minimum atomic E-state index is 0.590. The van der Waals surface area contributed by atoms with Gasteiger partial charge in [-0.05, 0) is 36.9 Å². The second-order valence-corrected chi connectivity index (χ2v) is 6.07. The fourth-order valence-corrected chi connectivity index (χ4v) is 2.49. The lowest BCUT2D eigenvalue weighted by Gasteiger charge is -2.24. The summed E-state index contributed by atoms with van der Waals surface area (Å²) in [7, 11) is 0. The minimum absolute atomic E-state index is 0.590. The molecule has 2 heteroatoms. The van der Waals surface area contributed by atoms with Crippen molar-refractivity contribution in [1.29, 1.82) is 0 Å². The Labute approximate surface area is 125 Å². The number of hydrogen-bond donors (Lipinski definition) is 2. The lowest BCUT2D eigenvalue weighted by Crippen LogP contribution is -2.30. The van der Waals surface area contributed by atoms with Crippen LogP contribution in [-0.4, -0.2) is 25.7 Å². The van der Waals surface area contributed by atoms with E-state index < -0.39 is 0 Å². The average Bonchev–Trinajstić information content (AvgIpc) is 2.46. The Morgan fingerprint density at radius 3 is 2.30 bits per heavy atom. The Hall–Kier alpha value is -0.860. The van der Waals surface area contributed by atoms with E-state index in [2.05, 4.69) is 68.7 Å². The van der Waals surface area contributed by atoms with Crippen LogP contribution in [0, 0.1) is 5.92 Å². The van der Waals surface area contributed by atoms with Crippen molar-refractivity contribution in [2.75, 3.05) is 19.6 Å². The normalized spacial score (nSPS) is 14.4. The van der Waals surface area contributed by atoms with Gasteiger partial charge in [-0.3, -0.25) is 0 Å². The molecule has 0 saturated carbocycles. The first-order valence-corrected chi connectivity index (χ1v) is 8.14. The first-order valence-electron chi connectivity index (χ1n) is 8.14. The van der Waals surface area contributed by atoms with Gasteiger partial charge in [-0.2, -0.15) is 0 Å². The molecular formula is C18H32N2. The molecule has 0 amide bonds. The molecule has 0 heterocycles. The highest BCUT2D eigenvalue weighted by molar-refractivity contribution is 5.20. The maximum Gasteiger partial charge on any atom is 0.00227 e. The maximum absolute atomic E-state index is 3.63. The molecule has 0 aliphatic heterocycles. The summed E-state index contributed by atoms with van der Waals surface area (Å²) in [5, 5.41) is 7.09. The van der Waals surface area contributed by atoms with Gasteiger partial charge in [0.1, 0.15) is 0 Å². The quantitative estimate of drug-likeness (QED) is 0.635. The molecule has 2 unspecified atom stereocenters. The third-order valence-corrected chi connectivity index (χ3v) is 4.01. The van der Waals surface area contributed by atoms with E-state index in [0.717, 1.165) is 25.6 Å². The molecule has 2 atom stereocenters. The van der Waals surface area contributed by atoms with Crippen LogP contribution in [0.2, 0.25) is 0 Å². The van der Waals surface area contributed by atoms with Crippen molar-refractivity contribution in [1.82, 2.24) is 10.6 Å². The molecule has 0 bridgehead atoms. The van der Waals surface area contributed by atoms with Crippen LogP contribution in [0.25, 0.3) is 0 Å². The van der Waals surface area contributed by atoms with Gasteiger partial charge in [0.25, 0.3) is 0 Å². The summed E-state index contributed by atoms with van der Waals surface area (Å²) in [5.41, 5.74) is 1.47. The Morgan fingerprint density at radius 1 is 1.00 bits per heavy atom. The second kappa shape index (κ2) is 9.95. The van der Waals surface area contributed by atoms with Gasteiger partial charge in [-0.15, -0.1) is 0 Å². The van der Waals surface area contributed by atoms with Crippen LogP contribution >= 0.6 is 0 Å². The predicted molar refractivity (Wildman–Crippen MR) is 89.3 cm³/mol. The van der Waals surface area contributed by atoms with Crippen LogP contribution in [0.1, 0.15) is 52.0 Å². The summed E-state index contributed by atoms with van der Waals surface area (Å²) in [6, 6.07) is 11.5. The molecule has 2 nitrogen and oxygen atoms in total. The first-order chi connectivity index (χ1) is 9.65. The molecular weight excluding hydrogens is 244 g/mol. The maximum atomic E-state index is 3.63. The van der Waals surface area contributed by atoms with Gasteiger partial charge in [0, 0.05) is 12.6 Å². The molecule has 20 heavy (non-hydrogen) atoms. The van der Waals surface area contributed by atoms with E-state index in [0.29, 0.717) is 12.0 Å². The van der Waals surface area contributed by atoms with Crippen molar-refractivity contribution in [3.63, 3.8) is 0 Å². The molecule has 2 N–H and O–H groups in total. The molecule has 114 valence electrons. The SMILES string of the molecule is CCC(C)C(CNCCCNC(C)C)c1ccccc1. The van der Waals surface area contributed by atoms with E-state index >= 15 is 0 Å². The van der Waals surface area contributed by atoms with Crippen LogP contribution in [0.15, 0.2) is 30.3 Å². The van der Waals surface area contributed by atoms with Crippen molar-refractivity contribution < 1.29 is 0 Å². The van der Waals surface area contributed by atoms with Crippen LogP contribution in [0.5, 0.6) is 0 Å². The fourth-order valence-electron chi connectivity index (χ4n) is 2.49. The van der Waals surface area contributed by atoms with E-state index in [1.807, 2.05) is 0 Å². The Kier molecular flexibility index (Phi) is 8.56. The van der Waals surface area contributed by atoms with E-state index in [-0.39, 0.29) is 0 Å². The van der Waals surface area contributed by atoms with Gasteiger partial charge in [0.15, 0.2) is 0 Å². The third-order valence-electron chi connectivity index (χ3n) is 4.01. The van der Waals surface area contributed by atoms with Crippen molar-refractivity contribution >= 4 is 0 Å². The Balaban J connectivity index is 2.35. The van der Waals surface area contributed by atoms with Crippen LogP contribution < -0.4 is 10.6 Å². The van der Waals surface area contributed by atoms with Gasteiger partial charge < -0.3 is 10.6 Å². The lowest BCUT2D eigenvalue weighted by molar-refractivity contribution is 0.417. The largest absolute Gasteiger partial charge is 0.316 e. The number of benzene rings is 1. The molecule has 0 aromatic heterocycles. The summed E-state index contributed by atoms with van der Waals surface area (Å²) in [5.74, 6) is 1.35. The minimum Gasteiger partial charge on any atom is -0.316 e. The molecule has 0 radical (unpaired) electrons. The smallest absolute Gasteiger partial charge is 0.00227 e. The zero-order valence-corrected chi connectivity index (χ0v) is 13.7. The van der Waals surface area contributed by atoms with Crippen molar-refractivity contribution in [2.24, 2.45) is 5.92 Å². The Morgan fingerprint density at radius 2 is 1.70 bits per heavy atom. The number of hydrogen-bond acceptors (Lipinski definition) is 2. The topological polar surface area (TPSA) is 24.1 Å². The van der Waals surface area contributed by atoms with Crippen LogP contribution in [0.3, 0.4) is 0 Å². The second-order valence-electron chi connectivity index (χ2n) is 6.07. The summed E-state index contributed by atoms with van der Waals surface area (Å²) < 4.78 is 0. The van der Waals surface area contributed by atoms with Crippen LogP contribution in [0.4, 0.5) is 0 Å². The van der Waals surface area contributed by atoms with Gasteiger partial charge in [0.2, 0.25) is 0 Å². The summed E-state index contributed by atoms with van der Waals surface area (Å²) in [6.45, 7) is 12.3. The fraction of sp³-hybridized carbons (Fsp3) is 0.667. The highest BCUT2D eigenvalue weighted by Crippen LogP contribution is 2.25. The van der Waals surface area contributed by atoms with Gasteiger partial charge >= 0.3 is 0 Å². The molecule has 0 saturated heterocycles. The molecule has 0 spiro atoms. The highest BCUT2D eigenvalue weighted by atomic mass is 14.9. The summed E-state index contributed by atoms with van der Waals surface area (Å²) >= 11 is 0. The van der Waals surface area contributed by atoms with Crippen LogP contribution in [-0.2, 0) is 0 Å². The van der Waals surface area contributed by atoms with Crippen molar-refractivity contribution in [3.05, 3.63) is 35.9 Å². The monoisotopic (exact) mass is 276 g/mol.